The third-order valence-corrected chi connectivity index (χ3v) is 8.39. The van der Waals surface area contributed by atoms with Crippen LogP contribution in [0.2, 0.25) is 10.0 Å². The molecule has 1 atom stereocenters. The molecule has 0 aliphatic carbocycles. The smallest absolute Gasteiger partial charge is 0.244 e. The zero-order valence-corrected chi connectivity index (χ0v) is 25.3. The lowest BCUT2D eigenvalue weighted by atomic mass is 10.0. The third-order valence-electron chi connectivity index (χ3n) is 6.55. The average Bonchev–Trinajstić information content (AvgIpc) is 2.91. The Hall–Kier alpha value is -3.07. The normalized spacial score (nSPS) is 12.0. The van der Waals surface area contributed by atoms with Gasteiger partial charge in [0.05, 0.1) is 11.9 Å². The number of amides is 2. The van der Waals surface area contributed by atoms with E-state index >= 15 is 0 Å². The second kappa shape index (κ2) is 14.5. The fourth-order valence-corrected chi connectivity index (χ4v) is 5.78. The molecule has 40 heavy (non-hydrogen) atoms. The number of hydrogen-bond donors (Lipinski definition) is 1. The molecule has 3 rings (SSSR count). The standard InChI is InChI=1S/C30H35Cl2N3O4S/c1-4-5-18-33-30(37)28(19-23-13-7-6-8-14-23)34(20-24-25(31)15-11-16-26(24)32)29(36)21-35(40(3,38)39)27-17-10-9-12-22(27)2/h6-17,28H,4-5,18-21H2,1-3H3,(H,33,37). The minimum atomic E-state index is -3.85. The van der Waals surface area contributed by atoms with Crippen LogP contribution in [0.4, 0.5) is 5.69 Å². The number of unbranched alkanes of at least 4 members (excludes halogenated alkanes) is 1. The minimum Gasteiger partial charge on any atom is -0.354 e. The lowest BCUT2D eigenvalue weighted by Gasteiger charge is -2.34. The Morgan fingerprint density at radius 3 is 2.15 bits per heavy atom. The molecule has 0 fully saturated rings. The molecule has 0 saturated heterocycles. The number of halogens is 2. The largest absolute Gasteiger partial charge is 0.354 e. The maximum atomic E-state index is 14.1. The summed E-state index contributed by atoms with van der Waals surface area (Å²) in [7, 11) is -3.85. The summed E-state index contributed by atoms with van der Waals surface area (Å²) in [6.45, 7) is 3.67. The number of carbonyl (C=O) groups is 2. The summed E-state index contributed by atoms with van der Waals surface area (Å²) < 4.78 is 26.9. The molecule has 1 N–H and O–H groups in total. The Balaban J connectivity index is 2.09. The van der Waals surface area contributed by atoms with Crippen molar-refractivity contribution < 1.29 is 18.0 Å². The molecule has 214 valence electrons. The fraction of sp³-hybridized carbons (Fsp3) is 0.333. The van der Waals surface area contributed by atoms with Gasteiger partial charge in [-0.3, -0.25) is 13.9 Å². The number of carbonyl (C=O) groups excluding carboxylic acids is 2. The first-order chi connectivity index (χ1) is 19.0. The highest BCUT2D eigenvalue weighted by atomic mass is 35.5. The summed E-state index contributed by atoms with van der Waals surface area (Å²) in [5, 5.41) is 3.63. The Morgan fingerprint density at radius 2 is 1.55 bits per heavy atom. The number of para-hydroxylation sites is 1. The van der Waals surface area contributed by atoms with Crippen molar-refractivity contribution in [3.05, 3.63) is 99.5 Å². The van der Waals surface area contributed by atoms with Gasteiger partial charge in [-0.05, 0) is 42.7 Å². The summed E-state index contributed by atoms with van der Waals surface area (Å²) in [6.07, 6.45) is 2.95. The van der Waals surface area contributed by atoms with E-state index in [1.807, 2.05) is 37.3 Å². The van der Waals surface area contributed by atoms with Gasteiger partial charge in [0.1, 0.15) is 12.6 Å². The van der Waals surface area contributed by atoms with E-state index in [1.165, 1.54) is 4.90 Å². The molecule has 0 aromatic heterocycles. The molecule has 2 amide bonds. The zero-order valence-electron chi connectivity index (χ0n) is 22.9. The van der Waals surface area contributed by atoms with Crippen molar-refractivity contribution in [1.82, 2.24) is 10.2 Å². The first-order valence-electron chi connectivity index (χ1n) is 13.1. The van der Waals surface area contributed by atoms with Crippen molar-refractivity contribution in [3.8, 4) is 0 Å². The number of benzene rings is 3. The molecule has 0 bridgehead atoms. The Labute approximate surface area is 247 Å². The van der Waals surface area contributed by atoms with Gasteiger partial charge in [-0.1, -0.05) is 91.1 Å². The number of aryl methyl sites for hydroxylation is 1. The van der Waals surface area contributed by atoms with Crippen LogP contribution in [0, 0.1) is 6.92 Å². The van der Waals surface area contributed by atoms with Gasteiger partial charge >= 0.3 is 0 Å². The van der Waals surface area contributed by atoms with Gasteiger partial charge in [0, 0.05) is 35.1 Å². The first kappa shape index (κ1) is 31.5. The van der Waals surface area contributed by atoms with Gasteiger partial charge in [0.25, 0.3) is 0 Å². The molecular formula is C30H35Cl2N3O4S. The monoisotopic (exact) mass is 603 g/mol. The van der Waals surface area contributed by atoms with Crippen molar-refractivity contribution in [3.63, 3.8) is 0 Å². The molecule has 0 aliphatic rings. The highest BCUT2D eigenvalue weighted by Gasteiger charge is 2.34. The summed E-state index contributed by atoms with van der Waals surface area (Å²) >= 11 is 13.0. The number of nitrogens with zero attached hydrogens (tertiary/aromatic N) is 2. The van der Waals surface area contributed by atoms with Crippen molar-refractivity contribution in [2.75, 3.05) is 23.7 Å². The lowest BCUT2D eigenvalue weighted by Crippen LogP contribution is -2.53. The van der Waals surface area contributed by atoms with Gasteiger partial charge < -0.3 is 10.2 Å². The molecule has 0 saturated carbocycles. The van der Waals surface area contributed by atoms with Crippen LogP contribution >= 0.6 is 23.2 Å². The van der Waals surface area contributed by atoms with Gasteiger partial charge in [0.15, 0.2) is 0 Å². The average molecular weight is 605 g/mol. The molecule has 0 aliphatic heterocycles. The highest BCUT2D eigenvalue weighted by Crippen LogP contribution is 2.28. The number of hydrogen-bond acceptors (Lipinski definition) is 4. The van der Waals surface area contributed by atoms with Crippen molar-refractivity contribution in [2.45, 2.75) is 45.7 Å². The highest BCUT2D eigenvalue weighted by molar-refractivity contribution is 7.92. The molecule has 3 aromatic carbocycles. The van der Waals surface area contributed by atoms with Gasteiger partial charge in [0.2, 0.25) is 21.8 Å². The van der Waals surface area contributed by atoms with Crippen LogP contribution < -0.4 is 9.62 Å². The lowest BCUT2D eigenvalue weighted by molar-refractivity contribution is -0.140. The number of nitrogens with one attached hydrogen (secondary N) is 1. The second-order valence-electron chi connectivity index (χ2n) is 9.63. The summed E-state index contributed by atoms with van der Waals surface area (Å²) in [6, 6.07) is 20.4. The van der Waals surface area contributed by atoms with Crippen molar-refractivity contribution in [1.29, 1.82) is 0 Å². The Morgan fingerprint density at radius 1 is 0.925 bits per heavy atom. The van der Waals surface area contributed by atoms with E-state index in [0.29, 0.717) is 33.4 Å². The molecule has 10 heteroatoms. The van der Waals surface area contributed by atoms with E-state index in [9.17, 15) is 18.0 Å². The predicted octanol–water partition coefficient (Wildman–Crippen LogP) is 5.62. The minimum absolute atomic E-state index is 0.0819. The van der Waals surface area contributed by atoms with Crippen LogP contribution in [-0.2, 0) is 32.6 Å². The van der Waals surface area contributed by atoms with Crippen molar-refractivity contribution in [2.24, 2.45) is 0 Å². The molecule has 3 aromatic rings. The van der Waals surface area contributed by atoms with Crippen molar-refractivity contribution >= 4 is 50.7 Å². The molecular weight excluding hydrogens is 569 g/mol. The summed E-state index contributed by atoms with van der Waals surface area (Å²) in [4.78, 5) is 29.2. The van der Waals surface area contributed by atoms with E-state index in [1.54, 1.807) is 49.4 Å². The zero-order chi connectivity index (χ0) is 29.3. The molecule has 0 radical (unpaired) electrons. The first-order valence-corrected chi connectivity index (χ1v) is 15.7. The van der Waals surface area contributed by atoms with Gasteiger partial charge in [-0.2, -0.15) is 0 Å². The SMILES string of the molecule is CCCCNC(=O)C(Cc1ccccc1)N(Cc1c(Cl)cccc1Cl)C(=O)CN(c1ccccc1C)S(C)(=O)=O. The maximum Gasteiger partial charge on any atom is 0.244 e. The number of anilines is 1. The third kappa shape index (κ3) is 8.46. The van der Waals surface area contributed by atoms with E-state index in [4.69, 9.17) is 23.2 Å². The summed E-state index contributed by atoms with van der Waals surface area (Å²) in [5.41, 5.74) is 2.40. The van der Waals surface area contributed by atoms with E-state index in [0.717, 1.165) is 29.0 Å². The fourth-order valence-electron chi connectivity index (χ4n) is 4.35. The molecule has 0 spiro atoms. The van der Waals surface area contributed by atoms with Crippen LogP contribution in [0.25, 0.3) is 0 Å². The van der Waals surface area contributed by atoms with Crippen LogP contribution in [0.1, 0.15) is 36.5 Å². The number of rotatable bonds is 13. The molecule has 0 heterocycles. The Kier molecular flexibility index (Phi) is 11.4. The van der Waals surface area contributed by atoms with E-state index in [-0.39, 0.29) is 18.9 Å². The van der Waals surface area contributed by atoms with Crippen LogP contribution in [0.3, 0.4) is 0 Å². The predicted molar refractivity (Wildman–Crippen MR) is 162 cm³/mol. The van der Waals surface area contributed by atoms with E-state index < -0.39 is 28.5 Å². The van der Waals surface area contributed by atoms with Gasteiger partial charge in [-0.15, -0.1) is 0 Å². The van der Waals surface area contributed by atoms with E-state index in [2.05, 4.69) is 5.32 Å². The quantitative estimate of drug-likeness (QED) is 0.257. The second-order valence-corrected chi connectivity index (χ2v) is 12.3. The van der Waals surface area contributed by atoms with Crippen LogP contribution in [-0.4, -0.2) is 50.5 Å². The molecule has 1 unspecified atom stereocenters. The van der Waals surface area contributed by atoms with Crippen LogP contribution in [0.15, 0.2) is 72.8 Å². The summed E-state index contributed by atoms with van der Waals surface area (Å²) in [5.74, 6) is -0.896. The van der Waals surface area contributed by atoms with Crippen LogP contribution in [0.5, 0.6) is 0 Å². The van der Waals surface area contributed by atoms with Gasteiger partial charge in [-0.25, -0.2) is 8.42 Å². The number of sulfonamides is 1. The topological polar surface area (TPSA) is 86.8 Å². The Bertz CT molecular complexity index is 1400. The molecule has 7 nitrogen and oxygen atoms in total. The maximum absolute atomic E-state index is 14.1.